The minimum Gasteiger partial charge on any atom is -0.380 e. The van der Waals surface area contributed by atoms with Crippen LogP contribution in [0.2, 0.25) is 0 Å². The highest BCUT2D eigenvalue weighted by Gasteiger charge is 2.48. The van der Waals surface area contributed by atoms with Gasteiger partial charge >= 0.3 is 0 Å². The number of ether oxygens (including phenoxy) is 1. The van der Waals surface area contributed by atoms with Crippen LogP contribution in [0.1, 0.15) is 39.0 Å². The minimum absolute atomic E-state index is 0.0996. The predicted molar refractivity (Wildman–Crippen MR) is 128 cm³/mol. The number of hydrogen-bond acceptors (Lipinski definition) is 9. The smallest absolute Gasteiger partial charge is 0.217 e. The van der Waals surface area contributed by atoms with Gasteiger partial charge in [0, 0.05) is 52.4 Å². The zero-order valence-electron chi connectivity index (χ0n) is 20.4. The number of hydrazine groups is 2. The lowest BCUT2D eigenvalue weighted by molar-refractivity contribution is 0.00328. The van der Waals surface area contributed by atoms with Crippen molar-refractivity contribution in [1.82, 2.24) is 35.8 Å². The second-order valence-corrected chi connectivity index (χ2v) is 12.9. The van der Waals surface area contributed by atoms with Gasteiger partial charge in [0.05, 0.1) is 18.3 Å². The number of hydrogen-bond donors (Lipinski definition) is 4. The molecule has 1 saturated carbocycles. The Bertz CT molecular complexity index is 786. The fourth-order valence-electron chi connectivity index (χ4n) is 6.84. The van der Waals surface area contributed by atoms with Gasteiger partial charge in [-0.2, -0.15) is 0 Å². The van der Waals surface area contributed by atoms with E-state index < -0.39 is 15.3 Å². The quantitative estimate of drug-likeness (QED) is 0.382. The first-order valence-corrected chi connectivity index (χ1v) is 14.4. The monoisotopic (exact) mass is 485 g/mol. The van der Waals surface area contributed by atoms with Crippen LogP contribution in [0.15, 0.2) is 0 Å². The summed E-state index contributed by atoms with van der Waals surface area (Å²) < 4.78 is 35.8. The lowest BCUT2D eigenvalue weighted by Crippen LogP contribution is -2.61. The molecule has 5 rings (SSSR count). The van der Waals surface area contributed by atoms with Crippen molar-refractivity contribution in [3.8, 4) is 0 Å². The molecule has 0 bridgehead atoms. The third kappa shape index (κ3) is 4.99. The van der Waals surface area contributed by atoms with Crippen molar-refractivity contribution in [1.29, 1.82) is 0 Å². The van der Waals surface area contributed by atoms with Crippen molar-refractivity contribution in [2.24, 2.45) is 11.8 Å². The van der Waals surface area contributed by atoms with Gasteiger partial charge in [0.25, 0.3) is 0 Å². The standard InChI is InChI=1S/C22H43N7O3S/c1-15-7-9-28(13-15)17-6-8-23-20(10-17)29-14-18(12-25-29)33(30,31)26-21-19(32-3)5-4-16-11-24-27(2)22(16)21/h15-26H,4-14H2,1-3H3/t15-,16?,17?,18?,19?,20?,21?,22?/m0/s1. The average Bonchev–Trinajstić information content (AvgIpc) is 3.54. The molecule has 0 aromatic rings. The van der Waals surface area contributed by atoms with Gasteiger partial charge in [0.1, 0.15) is 5.25 Å². The molecule has 0 amide bonds. The highest BCUT2D eigenvalue weighted by atomic mass is 32.2. The normalized spacial score (nSPS) is 43.8. The first-order chi connectivity index (χ1) is 15.9. The third-order valence-corrected chi connectivity index (χ3v) is 10.6. The molecule has 5 fully saturated rings. The van der Waals surface area contributed by atoms with Crippen LogP contribution in [0.5, 0.6) is 0 Å². The van der Waals surface area contributed by atoms with Crippen LogP contribution < -0.4 is 20.9 Å². The molecule has 4 N–H and O–H groups in total. The topological polar surface area (TPSA) is 101 Å². The Kier molecular flexibility index (Phi) is 7.33. The molecule has 0 aromatic heterocycles. The summed E-state index contributed by atoms with van der Waals surface area (Å²) in [6.45, 7) is 7.56. The summed E-state index contributed by atoms with van der Waals surface area (Å²) in [6.07, 6.45) is 5.52. The first kappa shape index (κ1) is 24.3. The Morgan fingerprint density at radius 3 is 2.67 bits per heavy atom. The molecule has 10 nitrogen and oxygen atoms in total. The molecule has 0 aromatic carbocycles. The minimum atomic E-state index is -3.50. The van der Waals surface area contributed by atoms with Gasteiger partial charge < -0.3 is 10.1 Å². The third-order valence-electron chi connectivity index (χ3n) is 8.79. The Morgan fingerprint density at radius 1 is 1.06 bits per heavy atom. The summed E-state index contributed by atoms with van der Waals surface area (Å²) >= 11 is 0. The van der Waals surface area contributed by atoms with E-state index in [9.17, 15) is 8.42 Å². The van der Waals surface area contributed by atoms with Crippen molar-refractivity contribution in [3.63, 3.8) is 0 Å². The lowest BCUT2D eigenvalue weighted by atomic mass is 9.80. The second kappa shape index (κ2) is 9.94. The number of fused-ring (bicyclic) bond motifs is 1. The number of rotatable bonds is 6. The van der Waals surface area contributed by atoms with Crippen LogP contribution in [0.4, 0.5) is 0 Å². The van der Waals surface area contributed by atoms with Gasteiger partial charge in [0.2, 0.25) is 10.0 Å². The van der Waals surface area contributed by atoms with Crippen LogP contribution in [0.3, 0.4) is 0 Å². The molecular weight excluding hydrogens is 442 g/mol. The van der Waals surface area contributed by atoms with Crippen molar-refractivity contribution < 1.29 is 13.2 Å². The summed E-state index contributed by atoms with van der Waals surface area (Å²) in [5.41, 5.74) is 6.78. The number of piperidine rings is 1. The van der Waals surface area contributed by atoms with Gasteiger partial charge in [-0.1, -0.05) is 6.92 Å². The molecule has 0 radical (unpaired) electrons. The van der Waals surface area contributed by atoms with Crippen molar-refractivity contribution >= 4 is 10.0 Å². The SMILES string of the molecule is COC1CCC2CNN(C)C2C1NS(=O)(=O)C1CNN(C2CC(N3CC[C@H](C)C3)CCN2)C1. The molecular formula is C22H43N7O3S. The van der Waals surface area contributed by atoms with E-state index in [1.54, 1.807) is 7.11 Å². The van der Waals surface area contributed by atoms with Crippen molar-refractivity contribution in [2.75, 3.05) is 53.4 Å². The largest absolute Gasteiger partial charge is 0.380 e. The summed E-state index contributed by atoms with van der Waals surface area (Å²) in [7, 11) is 0.204. The summed E-state index contributed by atoms with van der Waals surface area (Å²) in [5, 5.41) is 7.36. The molecule has 33 heavy (non-hydrogen) atoms. The van der Waals surface area contributed by atoms with Gasteiger partial charge in [-0.3, -0.25) is 15.8 Å². The maximum atomic E-state index is 13.5. The summed E-state index contributed by atoms with van der Waals surface area (Å²) in [4.78, 5) is 2.64. The van der Waals surface area contributed by atoms with Gasteiger partial charge in [-0.05, 0) is 57.0 Å². The molecule has 7 unspecified atom stereocenters. The number of nitrogens with zero attached hydrogens (tertiary/aromatic N) is 3. The molecule has 5 aliphatic rings. The van der Waals surface area contributed by atoms with Crippen LogP contribution in [0, 0.1) is 11.8 Å². The van der Waals surface area contributed by atoms with E-state index in [1.165, 1.54) is 25.9 Å². The number of methoxy groups -OCH3 is 1. The highest BCUT2D eigenvalue weighted by Crippen LogP contribution is 2.33. The van der Waals surface area contributed by atoms with Crippen LogP contribution in [0.25, 0.3) is 0 Å². The van der Waals surface area contributed by atoms with Gasteiger partial charge in [0.15, 0.2) is 0 Å². The molecule has 4 aliphatic heterocycles. The number of likely N-dealkylation sites (N-methyl/N-ethyl adjacent to an activating group) is 1. The lowest BCUT2D eigenvalue weighted by Gasteiger charge is -2.41. The maximum absolute atomic E-state index is 13.5. The maximum Gasteiger partial charge on any atom is 0.217 e. The predicted octanol–water partition coefficient (Wildman–Crippen LogP) is -0.873. The molecule has 4 heterocycles. The molecule has 1 aliphatic carbocycles. The molecule has 4 saturated heterocycles. The van der Waals surface area contributed by atoms with Gasteiger partial charge in [-0.15, -0.1) is 0 Å². The van der Waals surface area contributed by atoms with E-state index >= 15 is 0 Å². The molecule has 190 valence electrons. The average molecular weight is 486 g/mol. The Hall–Kier alpha value is -0.370. The molecule has 11 heteroatoms. The first-order valence-electron chi connectivity index (χ1n) is 12.8. The number of likely N-dealkylation sites (tertiary alicyclic amines) is 1. The van der Waals surface area contributed by atoms with Crippen LogP contribution >= 0.6 is 0 Å². The summed E-state index contributed by atoms with van der Waals surface area (Å²) in [6, 6.07) is 0.471. The van der Waals surface area contributed by atoms with Crippen molar-refractivity contribution in [3.05, 3.63) is 0 Å². The Balaban J connectivity index is 1.21. The Morgan fingerprint density at radius 2 is 1.91 bits per heavy atom. The highest BCUT2D eigenvalue weighted by molar-refractivity contribution is 7.90. The second-order valence-electron chi connectivity index (χ2n) is 10.9. The fraction of sp³-hybridized carbons (Fsp3) is 1.00. The summed E-state index contributed by atoms with van der Waals surface area (Å²) in [5.74, 6) is 1.23. The van der Waals surface area contributed by atoms with E-state index in [0.717, 1.165) is 38.3 Å². The molecule has 8 atom stereocenters. The van der Waals surface area contributed by atoms with E-state index in [2.05, 4.69) is 42.7 Å². The van der Waals surface area contributed by atoms with E-state index in [0.29, 0.717) is 25.0 Å². The zero-order chi connectivity index (χ0) is 23.2. The molecule has 0 spiro atoms. The van der Waals surface area contributed by atoms with Gasteiger partial charge in [-0.25, -0.2) is 23.2 Å². The van der Waals surface area contributed by atoms with Crippen LogP contribution in [-0.4, -0.2) is 112 Å². The van der Waals surface area contributed by atoms with Crippen molar-refractivity contribution in [2.45, 2.75) is 74.7 Å². The van der Waals surface area contributed by atoms with E-state index in [1.807, 2.05) is 7.05 Å². The van der Waals surface area contributed by atoms with E-state index in [4.69, 9.17) is 4.74 Å². The van der Waals surface area contributed by atoms with Crippen LogP contribution in [-0.2, 0) is 14.8 Å². The zero-order valence-corrected chi connectivity index (χ0v) is 21.2. The van der Waals surface area contributed by atoms with E-state index in [-0.39, 0.29) is 24.4 Å². The Labute approximate surface area is 199 Å². The number of nitrogens with one attached hydrogen (secondary N) is 4. The fourth-order valence-corrected chi connectivity index (χ4v) is 8.36. The number of sulfonamides is 1.